The normalized spacial score (nSPS) is 20.6. The summed E-state index contributed by atoms with van der Waals surface area (Å²) < 4.78 is 0. The van der Waals surface area contributed by atoms with E-state index in [4.69, 9.17) is 0 Å². The minimum atomic E-state index is -0.241. The van der Waals surface area contributed by atoms with Gasteiger partial charge in [-0.1, -0.05) is 52.0 Å². The van der Waals surface area contributed by atoms with Gasteiger partial charge in [0.15, 0.2) is 5.78 Å². The van der Waals surface area contributed by atoms with E-state index in [1.54, 1.807) is 0 Å². The molecule has 0 saturated heterocycles. The van der Waals surface area contributed by atoms with E-state index in [0.29, 0.717) is 0 Å². The third kappa shape index (κ3) is 4.80. The van der Waals surface area contributed by atoms with E-state index in [-0.39, 0.29) is 17.1 Å². The summed E-state index contributed by atoms with van der Waals surface area (Å²) in [7, 11) is 0. The fourth-order valence-corrected chi connectivity index (χ4v) is 3.69. The summed E-state index contributed by atoms with van der Waals surface area (Å²) in [6.07, 6.45) is 13.7. The second kappa shape index (κ2) is 9.42. The molecule has 0 spiro atoms. The Kier molecular flexibility index (Phi) is 7.53. The summed E-state index contributed by atoms with van der Waals surface area (Å²) in [4.78, 5) is 12.9. The van der Waals surface area contributed by atoms with Crippen molar-refractivity contribution >= 4 is 5.78 Å². The van der Waals surface area contributed by atoms with E-state index in [2.05, 4.69) is 61.1 Å². The third-order valence-electron chi connectivity index (χ3n) is 4.88. The molecule has 26 heavy (non-hydrogen) atoms. The first-order valence-electron chi connectivity index (χ1n) is 9.87. The highest BCUT2D eigenvalue weighted by atomic mass is 16.1. The van der Waals surface area contributed by atoms with Crippen molar-refractivity contribution in [1.29, 1.82) is 0 Å². The van der Waals surface area contributed by atoms with E-state index in [0.717, 1.165) is 50.2 Å². The highest BCUT2D eigenvalue weighted by molar-refractivity contribution is 6.12. The summed E-state index contributed by atoms with van der Waals surface area (Å²) in [5.41, 5.74) is 1.06. The van der Waals surface area contributed by atoms with E-state index < -0.39 is 0 Å². The first-order valence-corrected chi connectivity index (χ1v) is 9.87. The molecule has 0 amide bonds. The molecule has 2 aliphatic rings. The van der Waals surface area contributed by atoms with Crippen molar-refractivity contribution in [2.45, 2.75) is 51.9 Å². The average molecular weight is 359 g/mol. The van der Waals surface area contributed by atoms with Crippen LogP contribution in [0.1, 0.15) is 40.5 Å². The van der Waals surface area contributed by atoms with Crippen LogP contribution in [0.25, 0.3) is 0 Å². The SMILES string of the molecule is CCNC1(NCC)C=CC(C(=O)C2=CCC(NCC)(NCC)C=C2)=CC1. The molecular weight excluding hydrogens is 324 g/mol. The lowest BCUT2D eigenvalue weighted by Crippen LogP contribution is -2.56. The van der Waals surface area contributed by atoms with Crippen LogP contribution in [0.3, 0.4) is 0 Å². The standard InChI is InChI=1S/C21H34N4O/c1-5-22-20(23-6-2)13-9-17(10-14-20)19(26)18-11-15-21(16-12-18,24-7-3)25-8-4/h9-13,15,22-25H,5-8,14,16H2,1-4H3. The molecule has 2 rings (SSSR count). The van der Waals surface area contributed by atoms with E-state index in [1.165, 1.54) is 0 Å². The lowest BCUT2D eigenvalue weighted by molar-refractivity contribution is -0.111. The molecule has 0 unspecified atom stereocenters. The Morgan fingerprint density at radius 2 is 1.12 bits per heavy atom. The average Bonchev–Trinajstić information content (AvgIpc) is 2.63. The quantitative estimate of drug-likeness (QED) is 0.451. The summed E-state index contributed by atoms with van der Waals surface area (Å²) in [6, 6.07) is 0. The van der Waals surface area contributed by atoms with Crippen molar-refractivity contribution in [1.82, 2.24) is 21.3 Å². The Labute approximate surface area is 158 Å². The lowest BCUT2D eigenvalue weighted by Gasteiger charge is -2.35. The molecule has 0 atom stereocenters. The zero-order chi connectivity index (χ0) is 19.0. The summed E-state index contributed by atoms with van der Waals surface area (Å²) in [5, 5.41) is 13.9. The summed E-state index contributed by atoms with van der Waals surface area (Å²) in [6.45, 7) is 11.9. The number of Topliss-reactive ketones (excluding diaryl/α,β-unsaturated/α-hetero) is 1. The Morgan fingerprint density at radius 1 is 0.769 bits per heavy atom. The van der Waals surface area contributed by atoms with Crippen molar-refractivity contribution in [2.24, 2.45) is 0 Å². The molecule has 2 aliphatic carbocycles. The van der Waals surface area contributed by atoms with Crippen LogP contribution < -0.4 is 21.3 Å². The number of likely N-dealkylation sites (N-methyl/N-ethyl adjacent to an activating group) is 4. The molecule has 0 fully saturated rings. The first-order chi connectivity index (χ1) is 12.5. The molecule has 0 aromatic rings. The highest BCUT2D eigenvalue weighted by Gasteiger charge is 2.30. The molecule has 144 valence electrons. The molecule has 5 nitrogen and oxygen atoms in total. The maximum Gasteiger partial charge on any atom is 0.192 e. The molecule has 5 heteroatoms. The lowest BCUT2D eigenvalue weighted by atomic mass is 9.88. The van der Waals surface area contributed by atoms with Crippen LogP contribution in [0.5, 0.6) is 0 Å². The number of rotatable bonds is 10. The summed E-state index contributed by atoms with van der Waals surface area (Å²) >= 11 is 0. The predicted octanol–water partition coefficient (Wildman–Crippen LogP) is 2.16. The monoisotopic (exact) mass is 358 g/mol. The molecule has 0 aromatic carbocycles. The van der Waals surface area contributed by atoms with Crippen LogP contribution in [0.4, 0.5) is 0 Å². The van der Waals surface area contributed by atoms with Crippen LogP contribution in [0.2, 0.25) is 0 Å². The van der Waals surface area contributed by atoms with E-state index in [9.17, 15) is 4.79 Å². The zero-order valence-corrected chi connectivity index (χ0v) is 16.6. The van der Waals surface area contributed by atoms with E-state index >= 15 is 0 Å². The van der Waals surface area contributed by atoms with Gasteiger partial charge in [-0.05, 0) is 38.3 Å². The smallest absolute Gasteiger partial charge is 0.192 e. The Bertz CT molecular complexity index is 552. The maximum absolute atomic E-state index is 12.9. The number of ketones is 1. The highest BCUT2D eigenvalue weighted by Crippen LogP contribution is 2.25. The van der Waals surface area contributed by atoms with Crippen LogP contribution in [-0.4, -0.2) is 43.3 Å². The van der Waals surface area contributed by atoms with Crippen molar-refractivity contribution < 1.29 is 4.79 Å². The van der Waals surface area contributed by atoms with E-state index in [1.807, 2.05) is 24.3 Å². The van der Waals surface area contributed by atoms with Gasteiger partial charge in [0, 0.05) is 24.0 Å². The van der Waals surface area contributed by atoms with Gasteiger partial charge < -0.3 is 0 Å². The van der Waals surface area contributed by atoms with Crippen LogP contribution in [0, 0.1) is 0 Å². The van der Waals surface area contributed by atoms with Gasteiger partial charge in [-0.3, -0.25) is 26.1 Å². The number of carbonyl (C=O) groups excluding carboxylic acids is 1. The largest absolute Gasteiger partial charge is 0.296 e. The van der Waals surface area contributed by atoms with Crippen LogP contribution in [0.15, 0.2) is 47.6 Å². The van der Waals surface area contributed by atoms with Crippen molar-refractivity contribution in [2.75, 3.05) is 26.2 Å². The third-order valence-corrected chi connectivity index (χ3v) is 4.88. The number of hydrogen-bond donors (Lipinski definition) is 4. The molecule has 0 aromatic heterocycles. The Balaban J connectivity index is 2.07. The number of hydrogen-bond acceptors (Lipinski definition) is 5. The number of carbonyl (C=O) groups is 1. The second-order valence-corrected chi connectivity index (χ2v) is 6.79. The van der Waals surface area contributed by atoms with Gasteiger partial charge in [0.1, 0.15) is 0 Å². The zero-order valence-electron chi connectivity index (χ0n) is 16.6. The Morgan fingerprint density at radius 3 is 1.35 bits per heavy atom. The fraction of sp³-hybridized carbons (Fsp3) is 0.571. The molecule has 0 aliphatic heterocycles. The van der Waals surface area contributed by atoms with Gasteiger partial charge in [-0.2, -0.15) is 0 Å². The van der Waals surface area contributed by atoms with Gasteiger partial charge in [0.05, 0.1) is 11.3 Å². The van der Waals surface area contributed by atoms with Crippen LogP contribution >= 0.6 is 0 Å². The van der Waals surface area contributed by atoms with Gasteiger partial charge in [-0.25, -0.2) is 0 Å². The molecule has 4 N–H and O–H groups in total. The summed E-state index contributed by atoms with van der Waals surface area (Å²) in [5.74, 6) is 0.0979. The number of allylic oxidation sites excluding steroid dienone is 4. The molecular formula is C21H34N4O. The van der Waals surface area contributed by atoms with Crippen molar-refractivity contribution in [3.05, 3.63) is 47.6 Å². The fourth-order valence-electron chi connectivity index (χ4n) is 3.69. The minimum absolute atomic E-state index is 0.0979. The Hall–Kier alpha value is -1.53. The molecule has 0 radical (unpaired) electrons. The first kappa shape index (κ1) is 20.8. The van der Waals surface area contributed by atoms with Gasteiger partial charge in [-0.15, -0.1) is 0 Å². The van der Waals surface area contributed by atoms with Crippen molar-refractivity contribution in [3.8, 4) is 0 Å². The predicted molar refractivity (Wildman–Crippen MR) is 109 cm³/mol. The van der Waals surface area contributed by atoms with Crippen molar-refractivity contribution in [3.63, 3.8) is 0 Å². The van der Waals surface area contributed by atoms with Crippen LogP contribution in [-0.2, 0) is 4.79 Å². The van der Waals surface area contributed by atoms with Gasteiger partial charge >= 0.3 is 0 Å². The topological polar surface area (TPSA) is 65.2 Å². The van der Waals surface area contributed by atoms with Gasteiger partial charge in [0.2, 0.25) is 0 Å². The molecule has 0 bridgehead atoms. The maximum atomic E-state index is 12.9. The second-order valence-electron chi connectivity index (χ2n) is 6.79. The molecule has 0 heterocycles. The van der Waals surface area contributed by atoms with Gasteiger partial charge in [0.25, 0.3) is 0 Å². The minimum Gasteiger partial charge on any atom is -0.296 e. The molecule has 0 saturated carbocycles. The number of nitrogens with one attached hydrogen (secondary N) is 4.